The molecule has 0 unspecified atom stereocenters. The van der Waals surface area contributed by atoms with Crippen molar-refractivity contribution in [3.05, 3.63) is 53.2 Å². The molecule has 0 aliphatic carbocycles. The first-order valence-electron chi connectivity index (χ1n) is 5.96. The molecule has 1 aromatic carbocycles. The van der Waals surface area contributed by atoms with E-state index in [0.717, 1.165) is 5.75 Å². The van der Waals surface area contributed by atoms with E-state index in [1.807, 2.05) is 31.2 Å². The van der Waals surface area contributed by atoms with E-state index in [4.69, 9.17) is 4.74 Å². The highest BCUT2D eigenvalue weighted by Crippen LogP contribution is 2.28. The number of pyridine rings is 1. The third kappa shape index (κ3) is 2.68. The van der Waals surface area contributed by atoms with Crippen molar-refractivity contribution in [3.8, 4) is 11.6 Å². The maximum atomic E-state index is 9.66. The predicted octanol–water partition coefficient (Wildman–Crippen LogP) is 3.54. The van der Waals surface area contributed by atoms with Crippen molar-refractivity contribution in [2.24, 2.45) is 0 Å². The molecule has 0 bridgehead atoms. The van der Waals surface area contributed by atoms with Gasteiger partial charge in [-0.1, -0.05) is 6.07 Å². The molecule has 2 rings (SSSR count). The molecule has 2 aromatic rings. The Morgan fingerprint density at radius 1 is 1.17 bits per heavy atom. The number of nitrogens with zero attached hydrogens (tertiary/aromatic N) is 1. The van der Waals surface area contributed by atoms with Crippen LogP contribution in [0.1, 0.15) is 29.7 Å². The van der Waals surface area contributed by atoms with Gasteiger partial charge in [0.25, 0.3) is 0 Å². The minimum atomic E-state index is -0.597. The molecule has 1 atom stereocenters. The highest BCUT2D eigenvalue weighted by atomic mass is 16.5. The van der Waals surface area contributed by atoms with E-state index >= 15 is 0 Å². The molecule has 0 amide bonds. The number of aryl methyl sites for hydroxylation is 2. The summed E-state index contributed by atoms with van der Waals surface area (Å²) in [6.45, 7) is 5.79. The van der Waals surface area contributed by atoms with Crippen LogP contribution in [-0.4, -0.2) is 10.1 Å². The number of aliphatic hydroxyl groups is 1. The van der Waals surface area contributed by atoms with Crippen molar-refractivity contribution in [1.29, 1.82) is 0 Å². The molecule has 1 heterocycles. The molecule has 0 radical (unpaired) electrons. The first kappa shape index (κ1) is 12.6. The third-order valence-corrected chi connectivity index (χ3v) is 2.94. The molecule has 3 heteroatoms. The minimum Gasteiger partial charge on any atom is -0.439 e. The fourth-order valence-electron chi connectivity index (χ4n) is 1.70. The second kappa shape index (κ2) is 5.19. The lowest BCUT2D eigenvalue weighted by Crippen LogP contribution is -1.98. The Kier molecular flexibility index (Phi) is 3.63. The Balaban J connectivity index is 2.31. The van der Waals surface area contributed by atoms with Gasteiger partial charge in [0.1, 0.15) is 5.75 Å². The molecular weight excluding hydrogens is 226 g/mol. The fourth-order valence-corrected chi connectivity index (χ4v) is 1.70. The summed E-state index contributed by atoms with van der Waals surface area (Å²) in [6.07, 6.45) is 1.06. The second-order valence-corrected chi connectivity index (χ2v) is 4.42. The van der Waals surface area contributed by atoms with Crippen LogP contribution in [0, 0.1) is 13.8 Å². The summed E-state index contributed by atoms with van der Waals surface area (Å²) in [7, 11) is 0. The minimum absolute atomic E-state index is 0.454. The Labute approximate surface area is 107 Å². The third-order valence-electron chi connectivity index (χ3n) is 2.94. The molecule has 3 nitrogen and oxygen atoms in total. The average Bonchev–Trinajstić information content (AvgIpc) is 2.34. The molecular formula is C15H17NO2. The Morgan fingerprint density at radius 3 is 2.61 bits per heavy atom. The van der Waals surface area contributed by atoms with Gasteiger partial charge >= 0.3 is 0 Å². The SMILES string of the molecule is Cc1ccc(Oc2ncccc2[C@@H](C)O)cc1C. The molecule has 94 valence electrons. The van der Waals surface area contributed by atoms with Crippen LogP contribution in [-0.2, 0) is 0 Å². The lowest BCUT2D eigenvalue weighted by molar-refractivity contribution is 0.194. The van der Waals surface area contributed by atoms with E-state index in [2.05, 4.69) is 11.9 Å². The van der Waals surface area contributed by atoms with Crippen LogP contribution in [0.3, 0.4) is 0 Å². The second-order valence-electron chi connectivity index (χ2n) is 4.42. The van der Waals surface area contributed by atoms with Crippen LogP contribution in [0.15, 0.2) is 36.5 Å². The number of benzene rings is 1. The van der Waals surface area contributed by atoms with Crippen molar-refractivity contribution in [2.45, 2.75) is 26.9 Å². The van der Waals surface area contributed by atoms with Gasteiger partial charge in [0.2, 0.25) is 5.88 Å². The van der Waals surface area contributed by atoms with Crippen molar-refractivity contribution in [3.63, 3.8) is 0 Å². The van der Waals surface area contributed by atoms with E-state index < -0.39 is 6.10 Å². The number of hydrogen-bond acceptors (Lipinski definition) is 3. The maximum Gasteiger partial charge on any atom is 0.225 e. The van der Waals surface area contributed by atoms with Gasteiger partial charge in [-0.25, -0.2) is 4.98 Å². The molecule has 18 heavy (non-hydrogen) atoms. The van der Waals surface area contributed by atoms with Crippen LogP contribution in [0.2, 0.25) is 0 Å². The van der Waals surface area contributed by atoms with Crippen LogP contribution in [0.4, 0.5) is 0 Å². The summed E-state index contributed by atoms with van der Waals surface area (Å²) in [5.74, 6) is 1.19. The lowest BCUT2D eigenvalue weighted by Gasteiger charge is -2.12. The van der Waals surface area contributed by atoms with Crippen LogP contribution in [0.5, 0.6) is 11.6 Å². The number of rotatable bonds is 3. The van der Waals surface area contributed by atoms with Crippen molar-refractivity contribution >= 4 is 0 Å². The Bertz CT molecular complexity index is 550. The van der Waals surface area contributed by atoms with Crippen LogP contribution < -0.4 is 4.74 Å². The quantitative estimate of drug-likeness (QED) is 0.896. The standard InChI is InChI=1S/C15H17NO2/c1-10-6-7-13(9-11(10)2)18-15-14(12(3)17)5-4-8-16-15/h4-9,12,17H,1-3H3/t12-/m1/s1. The number of hydrogen-bond donors (Lipinski definition) is 1. The van der Waals surface area contributed by atoms with E-state index in [0.29, 0.717) is 11.4 Å². The molecule has 1 aromatic heterocycles. The van der Waals surface area contributed by atoms with Crippen molar-refractivity contribution in [1.82, 2.24) is 4.98 Å². The van der Waals surface area contributed by atoms with Crippen molar-refractivity contribution < 1.29 is 9.84 Å². The largest absolute Gasteiger partial charge is 0.439 e. The summed E-state index contributed by atoms with van der Waals surface area (Å²) in [5.41, 5.74) is 3.08. The summed E-state index contributed by atoms with van der Waals surface area (Å²) in [6, 6.07) is 9.48. The van der Waals surface area contributed by atoms with Crippen molar-refractivity contribution in [2.75, 3.05) is 0 Å². The zero-order valence-corrected chi connectivity index (χ0v) is 10.8. The summed E-state index contributed by atoms with van der Waals surface area (Å²) in [5, 5.41) is 9.66. The topological polar surface area (TPSA) is 42.4 Å². The molecule has 0 saturated heterocycles. The van der Waals surface area contributed by atoms with E-state index in [1.54, 1.807) is 19.2 Å². The molecule has 0 fully saturated rings. The zero-order chi connectivity index (χ0) is 13.1. The Morgan fingerprint density at radius 2 is 1.94 bits per heavy atom. The molecule has 0 spiro atoms. The summed E-state index contributed by atoms with van der Waals surface area (Å²) >= 11 is 0. The van der Waals surface area contributed by atoms with Gasteiger partial charge < -0.3 is 9.84 Å². The Hall–Kier alpha value is -1.87. The van der Waals surface area contributed by atoms with Gasteiger partial charge in [0.05, 0.1) is 6.10 Å². The lowest BCUT2D eigenvalue weighted by atomic mass is 10.1. The van der Waals surface area contributed by atoms with E-state index in [-0.39, 0.29) is 0 Å². The van der Waals surface area contributed by atoms with Gasteiger partial charge in [-0.2, -0.15) is 0 Å². The van der Waals surface area contributed by atoms with Crippen LogP contribution in [0.25, 0.3) is 0 Å². The fraction of sp³-hybridized carbons (Fsp3) is 0.267. The van der Waals surface area contributed by atoms with Gasteiger partial charge in [-0.3, -0.25) is 0 Å². The molecule has 0 saturated carbocycles. The predicted molar refractivity (Wildman–Crippen MR) is 70.9 cm³/mol. The van der Waals surface area contributed by atoms with E-state index in [1.165, 1.54) is 11.1 Å². The highest BCUT2D eigenvalue weighted by molar-refractivity contribution is 5.38. The number of aromatic nitrogens is 1. The smallest absolute Gasteiger partial charge is 0.225 e. The van der Waals surface area contributed by atoms with E-state index in [9.17, 15) is 5.11 Å². The molecule has 0 aliphatic rings. The summed E-state index contributed by atoms with van der Waals surface area (Å²) in [4.78, 5) is 4.17. The zero-order valence-electron chi connectivity index (χ0n) is 10.8. The first-order chi connectivity index (χ1) is 8.58. The van der Waals surface area contributed by atoms with Gasteiger partial charge in [-0.15, -0.1) is 0 Å². The highest BCUT2D eigenvalue weighted by Gasteiger charge is 2.10. The van der Waals surface area contributed by atoms with Gasteiger partial charge in [0, 0.05) is 11.8 Å². The van der Waals surface area contributed by atoms with Gasteiger partial charge in [-0.05, 0) is 56.2 Å². The average molecular weight is 243 g/mol. The normalized spacial score (nSPS) is 12.2. The number of ether oxygens (including phenoxy) is 1. The molecule has 1 N–H and O–H groups in total. The molecule has 0 aliphatic heterocycles. The van der Waals surface area contributed by atoms with Gasteiger partial charge in [0.15, 0.2) is 0 Å². The maximum absolute atomic E-state index is 9.66. The summed E-state index contributed by atoms with van der Waals surface area (Å²) < 4.78 is 5.74. The first-order valence-corrected chi connectivity index (χ1v) is 5.96. The number of aliphatic hydroxyl groups excluding tert-OH is 1. The van der Waals surface area contributed by atoms with Crippen LogP contribution >= 0.6 is 0 Å². The monoisotopic (exact) mass is 243 g/mol.